The molecule has 206 valence electrons. The van der Waals surface area contributed by atoms with Crippen LogP contribution >= 0.6 is 11.8 Å². The van der Waals surface area contributed by atoms with E-state index in [1.165, 1.54) is 23.4 Å². The third-order valence-electron chi connectivity index (χ3n) is 6.89. The molecular formula is C30H29F2N5O2S. The van der Waals surface area contributed by atoms with E-state index in [-0.39, 0.29) is 12.1 Å². The van der Waals surface area contributed by atoms with Gasteiger partial charge in [0, 0.05) is 29.1 Å². The summed E-state index contributed by atoms with van der Waals surface area (Å²) in [4.78, 5) is 9.66. The topological polar surface area (TPSA) is 78.0 Å². The molecule has 0 aliphatic heterocycles. The number of aliphatic hydroxyl groups is 1. The summed E-state index contributed by atoms with van der Waals surface area (Å²) >= 11 is 1.56. The third-order valence-corrected chi connectivity index (χ3v) is 7.90. The van der Waals surface area contributed by atoms with Crippen LogP contribution in [-0.4, -0.2) is 36.0 Å². The molecule has 0 amide bonds. The molecule has 0 saturated heterocycles. The lowest BCUT2D eigenvalue weighted by Gasteiger charge is -2.35. The van der Waals surface area contributed by atoms with E-state index >= 15 is 0 Å². The molecule has 0 fully saturated rings. The predicted octanol–water partition coefficient (Wildman–Crippen LogP) is 6.26. The molecule has 0 bridgehead atoms. The Hall–Kier alpha value is -3.86. The summed E-state index contributed by atoms with van der Waals surface area (Å²) in [6.45, 7) is 4.60. The maximum atomic E-state index is 15.0. The highest BCUT2D eigenvalue weighted by atomic mass is 32.2. The van der Waals surface area contributed by atoms with Gasteiger partial charge in [-0.25, -0.2) is 23.4 Å². The molecule has 10 heteroatoms. The smallest absolute Gasteiger partial charge is 0.175 e. The van der Waals surface area contributed by atoms with Crippen LogP contribution in [0.5, 0.6) is 0 Å². The van der Waals surface area contributed by atoms with Crippen LogP contribution in [0.4, 0.5) is 8.78 Å². The predicted molar refractivity (Wildman–Crippen MR) is 149 cm³/mol. The van der Waals surface area contributed by atoms with Gasteiger partial charge in [-0.2, -0.15) is 5.10 Å². The molecule has 0 radical (unpaired) electrons. The van der Waals surface area contributed by atoms with Gasteiger partial charge in [-0.1, -0.05) is 67.2 Å². The number of halogens is 2. The number of nitrogens with zero attached hydrogens (tertiary/aromatic N) is 5. The van der Waals surface area contributed by atoms with Gasteiger partial charge in [0.05, 0.1) is 18.4 Å². The van der Waals surface area contributed by atoms with Gasteiger partial charge in [0.2, 0.25) is 0 Å². The normalized spacial score (nSPS) is 13.7. The average molecular weight is 562 g/mol. The largest absolute Gasteiger partial charge is 0.382 e. The van der Waals surface area contributed by atoms with Crippen molar-refractivity contribution in [1.82, 2.24) is 24.3 Å². The van der Waals surface area contributed by atoms with Gasteiger partial charge >= 0.3 is 0 Å². The standard InChI is InChI=1S/C30H29F2N5O2S/c1-3-39-20-37-28(16-34-29(37)40-25-7-5-4-6-8-25)23-11-9-22(10-12-23)21(2)30(38,17-36-19-33-18-35-36)26-14-13-24(31)15-27(26)32/h4-16,18-19,21,38H,3,17,20H2,1-2H3. The molecule has 3 aromatic carbocycles. The Morgan fingerprint density at radius 1 is 1.05 bits per heavy atom. The molecule has 0 saturated carbocycles. The van der Waals surface area contributed by atoms with E-state index in [1.807, 2.05) is 79.2 Å². The number of ether oxygens (including phenoxy) is 1. The fraction of sp³-hybridized carbons (Fsp3) is 0.233. The van der Waals surface area contributed by atoms with E-state index in [4.69, 9.17) is 4.74 Å². The van der Waals surface area contributed by atoms with E-state index in [0.29, 0.717) is 13.3 Å². The Bertz CT molecular complexity index is 1540. The van der Waals surface area contributed by atoms with Crippen LogP contribution in [0.15, 0.2) is 102 Å². The summed E-state index contributed by atoms with van der Waals surface area (Å²) in [7, 11) is 0. The monoisotopic (exact) mass is 561 g/mol. The summed E-state index contributed by atoms with van der Waals surface area (Å²) < 4.78 is 37.9. The SMILES string of the molecule is CCOCn1c(-c2ccc(C(C)C(O)(Cn3cncn3)c3ccc(F)cc3F)cc2)cnc1Sc1ccccc1. The zero-order chi connectivity index (χ0) is 28.1. The summed E-state index contributed by atoms with van der Waals surface area (Å²) in [6.07, 6.45) is 4.61. The van der Waals surface area contributed by atoms with Crippen molar-refractivity contribution in [2.45, 2.75) is 48.7 Å². The Morgan fingerprint density at radius 2 is 1.82 bits per heavy atom. The van der Waals surface area contributed by atoms with Gasteiger partial charge < -0.3 is 9.84 Å². The zero-order valence-electron chi connectivity index (χ0n) is 22.1. The molecule has 2 atom stereocenters. The molecule has 0 aliphatic carbocycles. The Kier molecular flexibility index (Phi) is 8.39. The lowest BCUT2D eigenvalue weighted by Crippen LogP contribution is -2.38. The Balaban J connectivity index is 1.47. The first-order valence-electron chi connectivity index (χ1n) is 12.9. The van der Waals surface area contributed by atoms with Crippen LogP contribution in [0.25, 0.3) is 11.3 Å². The minimum Gasteiger partial charge on any atom is -0.382 e. The Labute approximate surface area is 235 Å². The Morgan fingerprint density at radius 3 is 2.50 bits per heavy atom. The van der Waals surface area contributed by atoms with Gasteiger partial charge in [0.15, 0.2) is 5.16 Å². The maximum Gasteiger partial charge on any atom is 0.175 e. The minimum atomic E-state index is -1.73. The van der Waals surface area contributed by atoms with Crippen molar-refractivity contribution in [2.75, 3.05) is 6.61 Å². The molecule has 7 nitrogen and oxygen atoms in total. The van der Waals surface area contributed by atoms with Gasteiger partial charge in [0.25, 0.3) is 0 Å². The van der Waals surface area contributed by atoms with Gasteiger partial charge in [-0.05, 0) is 36.2 Å². The van der Waals surface area contributed by atoms with E-state index in [9.17, 15) is 13.9 Å². The highest BCUT2D eigenvalue weighted by molar-refractivity contribution is 7.99. The van der Waals surface area contributed by atoms with Crippen molar-refractivity contribution < 1.29 is 18.6 Å². The van der Waals surface area contributed by atoms with E-state index < -0.39 is 23.2 Å². The minimum absolute atomic E-state index is 0.0154. The van der Waals surface area contributed by atoms with Gasteiger partial charge in [0.1, 0.15) is 36.6 Å². The van der Waals surface area contributed by atoms with Crippen molar-refractivity contribution >= 4 is 11.8 Å². The first-order valence-corrected chi connectivity index (χ1v) is 13.7. The molecule has 0 aliphatic rings. The van der Waals surface area contributed by atoms with Crippen LogP contribution in [0.1, 0.15) is 30.9 Å². The van der Waals surface area contributed by atoms with Crippen molar-refractivity contribution in [3.8, 4) is 11.3 Å². The maximum absolute atomic E-state index is 15.0. The van der Waals surface area contributed by atoms with Crippen molar-refractivity contribution in [3.63, 3.8) is 0 Å². The van der Waals surface area contributed by atoms with Crippen LogP contribution in [0.2, 0.25) is 0 Å². The van der Waals surface area contributed by atoms with E-state index in [0.717, 1.165) is 39.0 Å². The highest BCUT2D eigenvalue weighted by Gasteiger charge is 2.40. The lowest BCUT2D eigenvalue weighted by atomic mass is 9.77. The van der Waals surface area contributed by atoms with Crippen LogP contribution in [0.3, 0.4) is 0 Å². The molecule has 2 aromatic heterocycles. The summed E-state index contributed by atoms with van der Waals surface area (Å²) in [6, 6.07) is 20.9. The molecule has 5 aromatic rings. The van der Waals surface area contributed by atoms with E-state index in [2.05, 4.69) is 15.1 Å². The number of hydrogen-bond donors (Lipinski definition) is 1. The molecule has 40 heavy (non-hydrogen) atoms. The lowest BCUT2D eigenvalue weighted by molar-refractivity contribution is -0.0112. The number of aromatic nitrogens is 5. The second kappa shape index (κ2) is 12.1. The summed E-state index contributed by atoms with van der Waals surface area (Å²) in [5.74, 6) is -2.12. The van der Waals surface area contributed by atoms with Crippen LogP contribution in [0, 0.1) is 11.6 Å². The first kappa shape index (κ1) is 27.7. The molecule has 5 rings (SSSR count). The van der Waals surface area contributed by atoms with Gasteiger partial charge in [-0.15, -0.1) is 0 Å². The second-order valence-corrected chi connectivity index (χ2v) is 10.4. The fourth-order valence-electron chi connectivity index (χ4n) is 4.65. The summed E-state index contributed by atoms with van der Waals surface area (Å²) in [5, 5.41) is 16.8. The molecular weight excluding hydrogens is 532 g/mol. The molecule has 1 N–H and O–H groups in total. The molecule has 0 spiro atoms. The average Bonchev–Trinajstić information content (AvgIpc) is 3.62. The molecule has 2 heterocycles. The van der Waals surface area contributed by atoms with Crippen molar-refractivity contribution in [3.05, 3.63) is 114 Å². The number of imidazole rings is 1. The third kappa shape index (κ3) is 5.84. The van der Waals surface area contributed by atoms with Crippen LogP contribution in [-0.2, 0) is 23.6 Å². The van der Waals surface area contributed by atoms with Crippen LogP contribution < -0.4 is 0 Å². The summed E-state index contributed by atoms with van der Waals surface area (Å²) in [5.41, 5.74) is 0.816. The molecule has 2 unspecified atom stereocenters. The second-order valence-electron chi connectivity index (χ2n) is 9.38. The van der Waals surface area contributed by atoms with Crippen molar-refractivity contribution in [2.24, 2.45) is 0 Å². The number of rotatable bonds is 11. The quantitative estimate of drug-likeness (QED) is 0.205. The number of benzene rings is 3. The first-order chi connectivity index (χ1) is 19.4. The van der Waals surface area contributed by atoms with Crippen molar-refractivity contribution in [1.29, 1.82) is 0 Å². The van der Waals surface area contributed by atoms with Gasteiger partial charge in [-0.3, -0.25) is 4.57 Å². The highest BCUT2D eigenvalue weighted by Crippen LogP contribution is 2.40. The fourth-order valence-corrected chi connectivity index (χ4v) is 5.52. The zero-order valence-corrected chi connectivity index (χ0v) is 22.9. The van der Waals surface area contributed by atoms with E-state index in [1.54, 1.807) is 11.8 Å². The number of hydrogen-bond acceptors (Lipinski definition) is 6.